The SMILES string of the molecule is COC(=O)COc1cc(N(C)C)ccc1C=Nn1c(=O)[nH]c2ccccc2c1=O. The van der Waals surface area contributed by atoms with Crippen LogP contribution in [0, 0.1) is 0 Å². The van der Waals surface area contributed by atoms with Crippen molar-refractivity contribution in [3.8, 4) is 5.75 Å². The summed E-state index contributed by atoms with van der Waals surface area (Å²) in [5, 5.41) is 4.38. The number of fused-ring (bicyclic) bond motifs is 1. The molecule has 9 heteroatoms. The first-order valence-electron chi connectivity index (χ1n) is 8.70. The Morgan fingerprint density at radius 1 is 1.21 bits per heavy atom. The number of rotatable bonds is 6. The Labute approximate surface area is 165 Å². The number of nitrogens with zero attached hydrogens (tertiary/aromatic N) is 3. The van der Waals surface area contributed by atoms with Crippen molar-refractivity contribution in [2.45, 2.75) is 0 Å². The average molecular weight is 396 g/mol. The van der Waals surface area contributed by atoms with Crippen molar-refractivity contribution in [1.29, 1.82) is 0 Å². The fourth-order valence-corrected chi connectivity index (χ4v) is 2.61. The molecule has 0 aliphatic heterocycles. The minimum Gasteiger partial charge on any atom is -0.481 e. The monoisotopic (exact) mass is 396 g/mol. The van der Waals surface area contributed by atoms with Crippen molar-refractivity contribution in [3.05, 3.63) is 68.9 Å². The number of ether oxygens (including phenoxy) is 2. The van der Waals surface area contributed by atoms with Gasteiger partial charge in [-0.25, -0.2) is 9.59 Å². The van der Waals surface area contributed by atoms with Crippen molar-refractivity contribution < 1.29 is 14.3 Å². The molecule has 0 amide bonds. The summed E-state index contributed by atoms with van der Waals surface area (Å²) in [5.41, 5.74) is 0.558. The summed E-state index contributed by atoms with van der Waals surface area (Å²) in [5.74, 6) is -0.180. The summed E-state index contributed by atoms with van der Waals surface area (Å²) in [6.07, 6.45) is 1.33. The van der Waals surface area contributed by atoms with Gasteiger partial charge in [-0.2, -0.15) is 5.10 Å². The second-order valence-electron chi connectivity index (χ2n) is 6.32. The second kappa shape index (κ2) is 8.42. The molecule has 0 spiro atoms. The van der Waals surface area contributed by atoms with Crippen molar-refractivity contribution in [2.75, 3.05) is 32.7 Å². The molecule has 1 heterocycles. The van der Waals surface area contributed by atoms with E-state index in [0.29, 0.717) is 22.2 Å². The molecule has 1 N–H and O–H groups in total. The minimum absolute atomic E-state index is 0.287. The molecule has 150 valence electrons. The summed E-state index contributed by atoms with van der Waals surface area (Å²) in [4.78, 5) is 40.7. The normalized spacial score (nSPS) is 11.0. The van der Waals surface area contributed by atoms with Crippen LogP contribution >= 0.6 is 0 Å². The van der Waals surface area contributed by atoms with Gasteiger partial charge in [-0.3, -0.25) is 4.79 Å². The number of aromatic amines is 1. The minimum atomic E-state index is -0.660. The van der Waals surface area contributed by atoms with Crippen LogP contribution in [-0.4, -0.2) is 49.7 Å². The van der Waals surface area contributed by atoms with E-state index in [1.54, 1.807) is 36.4 Å². The zero-order valence-electron chi connectivity index (χ0n) is 16.2. The highest BCUT2D eigenvalue weighted by Crippen LogP contribution is 2.24. The Hall–Kier alpha value is -3.88. The molecule has 29 heavy (non-hydrogen) atoms. The van der Waals surface area contributed by atoms with E-state index in [2.05, 4.69) is 14.8 Å². The molecule has 0 aliphatic rings. The lowest BCUT2D eigenvalue weighted by atomic mass is 10.2. The predicted octanol–water partition coefficient (Wildman–Crippen LogP) is 1.19. The molecule has 0 saturated carbocycles. The van der Waals surface area contributed by atoms with E-state index in [1.165, 1.54) is 13.3 Å². The largest absolute Gasteiger partial charge is 0.481 e. The number of esters is 1. The average Bonchev–Trinajstić information content (AvgIpc) is 2.72. The quantitative estimate of drug-likeness (QED) is 0.496. The molecule has 2 aromatic carbocycles. The van der Waals surface area contributed by atoms with E-state index >= 15 is 0 Å². The van der Waals surface area contributed by atoms with E-state index in [1.807, 2.05) is 25.1 Å². The lowest BCUT2D eigenvalue weighted by Gasteiger charge is -2.15. The van der Waals surface area contributed by atoms with Crippen LogP contribution in [0.15, 0.2) is 57.2 Å². The third-order valence-electron chi connectivity index (χ3n) is 4.18. The van der Waals surface area contributed by atoms with Crippen LogP contribution in [0.5, 0.6) is 5.75 Å². The smallest absolute Gasteiger partial charge is 0.349 e. The number of benzene rings is 2. The highest BCUT2D eigenvalue weighted by molar-refractivity contribution is 5.85. The maximum Gasteiger partial charge on any atom is 0.349 e. The summed E-state index contributed by atoms with van der Waals surface area (Å²) in [6.45, 7) is -0.287. The van der Waals surface area contributed by atoms with E-state index in [-0.39, 0.29) is 6.61 Å². The third-order valence-corrected chi connectivity index (χ3v) is 4.18. The van der Waals surface area contributed by atoms with Gasteiger partial charge in [0.1, 0.15) is 5.75 Å². The zero-order chi connectivity index (χ0) is 21.0. The number of hydrogen-bond acceptors (Lipinski definition) is 7. The van der Waals surface area contributed by atoms with E-state index in [0.717, 1.165) is 10.4 Å². The lowest BCUT2D eigenvalue weighted by Crippen LogP contribution is -2.32. The first-order chi connectivity index (χ1) is 13.9. The fourth-order valence-electron chi connectivity index (χ4n) is 2.61. The van der Waals surface area contributed by atoms with Gasteiger partial charge >= 0.3 is 11.7 Å². The van der Waals surface area contributed by atoms with Crippen LogP contribution in [0.2, 0.25) is 0 Å². The van der Waals surface area contributed by atoms with Crippen LogP contribution in [-0.2, 0) is 9.53 Å². The Balaban J connectivity index is 2.02. The maximum atomic E-state index is 12.6. The molecular formula is C20H20N4O5. The summed E-state index contributed by atoms with van der Waals surface area (Å²) in [6, 6.07) is 11.9. The molecule has 0 radical (unpaired) electrons. The highest BCUT2D eigenvalue weighted by Gasteiger charge is 2.10. The van der Waals surface area contributed by atoms with Gasteiger partial charge in [0.2, 0.25) is 0 Å². The summed E-state index contributed by atoms with van der Waals surface area (Å²) in [7, 11) is 4.99. The number of anilines is 1. The van der Waals surface area contributed by atoms with Gasteiger partial charge in [0.15, 0.2) is 6.61 Å². The van der Waals surface area contributed by atoms with Crippen LogP contribution in [0.4, 0.5) is 5.69 Å². The standard InChI is InChI=1S/C20H20N4O5/c1-23(2)14-9-8-13(17(10-14)29-12-18(25)28-3)11-21-24-19(26)15-6-4-5-7-16(15)22-20(24)27/h4-11H,12H2,1-3H3,(H,22,27). The number of hydrogen-bond donors (Lipinski definition) is 1. The molecule has 0 unspecified atom stereocenters. The molecule has 3 rings (SSSR count). The van der Waals surface area contributed by atoms with Gasteiger partial charge in [0.25, 0.3) is 5.56 Å². The maximum absolute atomic E-state index is 12.6. The van der Waals surface area contributed by atoms with E-state index in [9.17, 15) is 14.4 Å². The number of carbonyl (C=O) groups excluding carboxylic acids is 1. The van der Waals surface area contributed by atoms with Gasteiger partial charge in [0.05, 0.1) is 24.2 Å². The summed E-state index contributed by atoms with van der Waals surface area (Å²) >= 11 is 0. The number of carbonyl (C=O) groups is 1. The predicted molar refractivity (Wildman–Crippen MR) is 110 cm³/mol. The molecule has 0 fully saturated rings. The van der Waals surface area contributed by atoms with Crippen LogP contribution in [0.3, 0.4) is 0 Å². The van der Waals surface area contributed by atoms with Crippen molar-refractivity contribution >= 4 is 28.8 Å². The molecule has 1 aromatic heterocycles. The number of methoxy groups -OCH3 is 1. The molecule has 3 aromatic rings. The zero-order valence-corrected chi connectivity index (χ0v) is 16.2. The van der Waals surface area contributed by atoms with Crippen molar-refractivity contribution in [3.63, 3.8) is 0 Å². The Morgan fingerprint density at radius 3 is 2.69 bits per heavy atom. The van der Waals surface area contributed by atoms with Gasteiger partial charge in [-0.15, -0.1) is 4.68 Å². The molecule has 0 bridgehead atoms. The molecule has 0 atom stereocenters. The van der Waals surface area contributed by atoms with E-state index in [4.69, 9.17) is 4.74 Å². The van der Waals surface area contributed by atoms with Gasteiger partial charge < -0.3 is 19.4 Å². The van der Waals surface area contributed by atoms with Gasteiger partial charge in [-0.05, 0) is 24.3 Å². The first kappa shape index (κ1) is 19.9. The number of para-hydroxylation sites is 1. The Morgan fingerprint density at radius 2 is 1.97 bits per heavy atom. The van der Waals surface area contributed by atoms with Crippen molar-refractivity contribution in [2.24, 2.45) is 5.10 Å². The summed E-state index contributed by atoms with van der Waals surface area (Å²) < 4.78 is 10.9. The molecule has 9 nitrogen and oxygen atoms in total. The lowest BCUT2D eigenvalue weighted by molar-refractivity contribution is -0.142. The van der Waals surface area contributed by atoms with Crippen LogP contribution < -0.4 is 20.9 Å². The first-order valence-corrected chi connectivity index (χ1v) is 8.70. The second-order valence-corrected chi connectivity index (χ2v) is 6.32. The third kappa shape index (κ3) is 4.34. The molecule has 0 aliphatic carbocycles. The van der Waals surface area contributed by atoms with Crippen LogP contribution in [0.1, 0.15) is 5.56 Å². The van der Waals surface area contributed by atoms with Gasteiger partial charge in [-0.1, -0.05) is 12.1 Å². The van der Waals surface area contributed by atoms with E-state index < -0.39 is 17.2 Å². The highest BCUT2D eigenvalue weighted by atomic mass is 16.6. The van der Waals surface area contributed by atoms with Gasteiger partial charge in [0, 0.05) is 31.4 Å². The van der Waals surface area contributed by atoms with Crippen LogP contribution in [0.25, 0.3) is 10.9 Å². The number of aromatic nitrogens is 2. The van der Waals surface area contributed by atoms with Crippen molar-refractivity contribution in [1.82, 2.24) is 9.66 Å². The number of nitrogens with one attached hydrogen (secondary N) is 1. The Kier molecular flexibility index (Phi) is 5.77. The molecule has 0 saturated heterocycles. The fraction of sp³-hybridized carbons (Fsp3) is 0.200. The number of H-pyrrole nitrogens is 1. The molecular weight excluding hydrogens is 376 g/mol. The topological polar surface area (TPSA) is 106 Å². The Bertz CT molecular complexity index is 1190.